The van der Waals surface area contributed by atoms with Gasteiger partial charge in [0.25, 0.3) is 15.9 Å². The van der Waals surface area contributed by atoms with Gasteiger partial charge >= 0.3 is 0 Å². The van der Waals surface area contributed by atoms with Gasteiger partial charge < -0.3 is 13.9 Å². The molecule has 0 spiro atoms. The van der Waals surface area contributed by atoms with Crippen molar-refractivity contribution >= 4 is 21.4 Å². The molecule has 5 aromatic rings. The molecule has 1 saturated heterocycles. The lowest BCUT2D eigenvalue weighted by Crippen LogP contribution is -2.37. The maximum atomic E-state index is 14.3. The summed E-state index contributed by atoms with van der Waals surface area (Å²) >= 11 is 0. The lowest BCUT2D eigenvalue weighted by Gasteiger charge is -2.25. The smallest absolute Gasteiger partial charge is 0.266 e. The quantitative estimate of drug-likeness (QED) is 0.269. The van der Waals surface area contributed by atoms with Crippen LogP contribution in [-0.2, 0) is 21.2 Å². The van der Waals surface area contributed by atoms with Crippen LogP contribution in [0.1, 0.15) is 5.89 Å². The standard InChI is InChI=1S/C27H25F2N7O5S/c1-39-26-21(34-42(37,38)23-4-3-19(28)13-20(23)29)12-18(14-31-26)17-2-5-24-30-15-22(36(24)16-17)27-33-32-25(41-27)6-7-35-8-10-40-11-9-35/h2-5,12-16,34H,6-11H2,1H3. The van der Waals surface area contributed by atoms with E-state index in [0.29, 0.717) is 60.0 Å². The lowest BCUT2D eigenvalue weighted by atomic mass is 10.1. The van der Waals surface area contributed by atoms with Gasteiger partial charge in [-0.05, 0) is 30.3 Å². The first kappa shape index (κ1) is 27.7. The average molecular weight is 598 g/mol. The molecule has 1 fully saturated rings. The van der Waals surface area contributed by atoms with Crippen LogP contribution in [0.4, 0.5) is 14.5 Å². The van der Waals surface area contributed by atoms with E-state index in [2.05, 4.69) is 29.8 Å². The Balaban J connectivity index is 1.28. The normalized spacial score (nSPS) is 14.4. The van der Waals surface area contributed by atoms with Gasteiger partial charge in [-0.1, -0.05) is 0 Å². The number of hydrogen-bond acceptors (Lipinski definition) is 10. The maximum absolute atomic E-state index is 14.3. The minimum Gasteiger partial charge on any atom is -0.480 e. The van der Waals surface area contributed by atoms with Crippen LogP contribution >= 0.6 is 0 Å². The summed E-state index contributed by atoms with van der Waals surface area (Å²) in [5, 5.41) is 8.41. The summed E-state index contributed by atoms with van der Waals surface area (Å²) < 4.78 is 74.1. The summed E-state index contributed by atoms with van der Waals surface area (Å²) in [6, 6.07) is 7.26. The van der Waals surface area contributed by atoms with Gasteiger partial charge in [0, 0.05) is 55.6 Å². The molecule has 0 unspecified atom stereocenters. The first-order valence-electron chi connectivity index (χ1n) is 12.9. The highest BCUT2D eigenvalue weighted by atomic mass is 32.2. The fraction of sp³-hybridized carbons (Fsp3) is 0.259. The van der Waals surface area contributed by atoms with Crippen LogP contribution in [0.5, 0.6) is 5.88 Å². The number of pyridine rings is 2. The van der Waals surface area contributed by atoms with Crippen LogP contribution in [0.3, 0.4) is 0 Å². The van der Waals surface area contributed by atoms with E-state index in [1.807, 2.05) is 0 Å². The Labute approximate surface area is 239 Å². The molecule has 0 atom stereocenters. The number of nitrogens with one attached hydrogen (secondary N) is 1. The molecular formula is C27H25F2N7O5S. The predicted molar refractivity (Wildman–Crippen MR) is 146 cm³/mol. The van der Waals surface area contributed by atoms with Crippen LogP contribution < -0.4 is 9.46 Å². The number of morpholine rings is 1. The molecule has 1 aliphatic rings. The van der Waals surface area contributed by atoms with Crippen molar-refractivity contribution in [1.29, 1.82) is 0 Å². The topological polar surface area (TPSA) is 137 Å². The number of benzene rings is 1. The van der Waals surface area contributed by atoms with Crippen LogP contribution in [0.2, 0.25) is 0 Å². The molecular weight excluding hydrogens is 572 g/mol. The first-order chi connectivity index (χ1) is 20.3. The van der Waals surface area contributed by atoms with Crippen molar-refractivity contribution in [2.45, 2.75) is 11.3 Å². The second-order valence-electron chi connectivity index (χ2n) is 9.46. The van der Waals surface area contributed by atoms with E-state index in [1.54, 1.807) is 28.9 Å². The number of fused-ring (bicyclic) bond motifs is 1. The molecule has 6 rings (SSSR count). The lowest BCUT2D eigenvalue weighted by molar-refractivity contribution is 0.0377. The molecule has 42 heavy (non-hydrogen) atoms. The highest BCUT2D eigenvalue weighted by molar-refractivity contribution is 7.92. The van der Waals surface area contributed by atoms with Gasteiger partial charge in [-0.3, -0.25) is 14.0 Å². The molecule has 0 radical (unpaired) electrons. The molecule has 0 bridgehead atoms. The fourth-order valence-electron chi connectivity index (χ4n) is 4.58. The monoisotopic (exact) mass is 597 g/mol. The molecule has 4 aromatic heterocycles. The molecule has 1 aliphatic heterocycles. The Morgan fingerprint density at radius 1 is 1.02 bits per heavy atom. The molecule has 12 nitrogen and oxygen atoms in total. The van der Waals surface area contributed by atoms with Crippen molar-refractivity contribution in [3.63, 3.8) is 0 Å². The van der Waals surface area contributed by atoms with Gasteiger partial charge in [0.2, 0.25) is 11.8 Å². The number of halogens is 2. The number of nitrogens with zero attached hydrogens (tertiary/aromatic N) is 6. The third-order valence-electron chi connectivity index (χ3n) is 6.74. The summed E-state index contributed by atoms with van der Waals surface area (Å²) in [5.41, 5.74) is 2.33. The number of aromatic nitrogens is 5. The largest absolute Gasteiger partial charge is 0.480 e. The summed E-state index contributed by atoms with van der Waals surface area (Å²) in [6.45, 7) is 3.94. The summed E-state index contributed by atoms with van der Waals surface area (Å²) in [6.07, 6.45) is 5.51. The predicted octanol–water partition coefficient (Wildman–Crippen LogP) is 3.41. The van der Waals surface area contributed by atoms with E-state index < -0.39 is 26.6 Å². The van der Waals surface area contributed by atoms with Gasteiger partial charge in [-0.2, -0.15) is 0 Å². The second-order valence-corrected chi connectivity index (χ2v) is 11.1. The minimum absolute atomic E-state index is 0.0357. The molecule has 15 heteroatoms. The van der Waals surface area contributed by atoms with E-state index in [4.69, 9.17) is 13.9 Å². The fourth-order valence-corrected chi connectivity index (χ4v) is 5.69. The molecule has 1 N–H and O–H groups in total. The van der Waals surface area contributed by atoms with Crippen LogP contribution in [0.15, 0.2) is 64.3 Å². The van der Waals surface area contributed by atoms with E-state index in [-0.39, 0.29) is 11.6 Å². The molecule has 5 heterocycles. The van der Waals surface area contributed by atoms with E-state index in [9.17, 15) is 17.2 Å². The highest BCUT2D eigenvalue weighted by Gasteiger charge is 2.23. The Kier molecular flexibility index (Phi) is 7.53. The van der Waals surface area contributed by atoms with Crippen molar-refractivity contribution in [2.24, 2.45) is 0 Å². The Morgan fingerprint density at radius 2 is 1.86 bits per heavy atom. The van der Waals surface area contributed by atoms with Gasteiger partial charge in [-0.15, -0.1) is 10.2 Å². The average Bonchev–Trinajstić information content (AvgIpc) is 3.63. The SMILES string of the molecule is COc1ncc(-c2ccc3ncc(-c4nnc(CCN5CCOCC5)o4)n3c2)cc1NS(=O)(=O)c1ccc(F)cc1F. The second kappa shape index (κ2) is 11.4. The number of methoxy groups -OCH3 is 1. The Hall–Kier alpha value is -4.47. The molecule has 218 valence electrons. The van der Waals surface area contributed by atoms with Crippen molar-refractivity contribution in [3.05, 3.63) is 72.5 Å². The number of sulfonamides is 1. The number of rotatable bonds is 9. The Morgan fingerprint density at radius 3 is 2.64 bits per heavy atom. The number of anilines is 1. The minimum atomic E-state index is -4.43. The summed E-state index contributed by atoms with van der Waals surface area (Å²) in [7, 11) is -3.11. The zero-order chi connectivity index (χ0) is 29.3. The van der Waals surface area contributed by atoms with Gasteiger partial charge in [-0.25, -0.2) is 27.2 Å². The van der Waals surface area contributed by atoms with Crippen molar-refractivity contribution in [2.75, 3.05) is 44.7 Å². The van der Waals surface area contributed by atoms with E-state index >= 15 is 0 Å². The molecule has 0 amide bonds. The number of imidazole rings is 1. The van der Waals surface area contributed by atoms with Crippen molar-refractivity contribution in [3.8, 4) is 28.6 Å². The third-order valence-corrected chi connectivity index (χ3v) is 8.14. The first-order valence-corrected chi connectivity index (χ1v) is 14.4. The van der Waals surface area contributed by atoms with Gasteiger partial charge in [0.1, 0.15) is 33.6 Å². The van der Waals surface area contributed by atoms with Crippen molar-refractivity contribution < 1.29 is 31.1 Å². The van der Waals surface area contributed by atoms with Gasteiger partial charge in [0.15, 0.2) is 0 Å². The third kappa shape index (κ3) is 5.66. The Bertz CT molecular complexity index is 1850. The van der Waals surface area contributed by atoms with Crippen LogP contribution in [-0.4, -0.2) is 77.8 Å². The maximum Gasteiger partial charge on any atom is 0.266 e. The molecule has 0 aliphatic carbocycles. The zero-order valence-corrected chi connectivity index (χ0v) is 23.1. The highest BCUT2D eigenvalue weighted by Crippen LogP contribution is 2.31. The van der Waals surface area contributed by atoms with Crippen LogP contribution in [0.25, 0.3) is 28.4 Å². The molecule has 0 saturated carbocycles. The van der Waals surface area contributed by atoms with E-state index in [0.717, 1.165) is 31.8 Å². The van der Waals surface area contributed by atoms with Crippen LogP contribution in [0, 0.1) is 11.6 Å². The summed E-state index contributed by atoms with van der Waals surface area (Å²) in [5.74, 6) is -1.35. The van der Waals surface area contributed by atoms with Crippen molar-refractivity contribution in [1.82, 2.24) is 29.5 Å². The van der Waals surface area contributed by atoms with E-state index in [1.165, 1.54) is 19.4 Å². The number of hydrogen-bond donors (Lipinski definition) is 1. The van der Waals surface area contributed by atoms with Gasteiger partial charge in [0.05, 0.1) is 26.5 Å². The zero-order valence-electron chi connectivity index (χ0n) is 22.3. The molecule has 1 aromatic carbocycles. The summed E-state index contributed by atoms with van der Waals surface area (Å²) in [4.78, 5) is 10.2. The number of ether oxygens (including phenoxy) is 2.